The highest BCUT2D eigenvalue weighted by Crippen LogP contribution is 2.36. The zero-order valence-corrected chi connectivity index (χ0v) is 11.9. The van der Waals surface area contributed by atoms with Crippen LogP contribution in [0.15, 0.2) is 21.7 Å². The Kier molecular flexibility index (Phi) is 5.83. The highest BCUT2D eigenvalue weighted by Gasteiger charge is 2.10. The Hall–Kier alpha value is -1.23. The molecule has 0 amide bonds. The van der Waals surface area contributed by atoms with Gasteiger partial charge in [0.15, 0.2) is 11.5 Å². The summed E-state index contributed by atoms with van der Waals surface area (Å²) in [6, 6.07) is 3.84. The number of nitrogens with zero attached hydrogens (tertiary/aromatic N) is 1. The van der Waals surface area contributed by atoms with Gasteiger partial charge in [-0.15, -0.1) is 0 Å². The molecule has 0 heterocycles. The minimum atomic E-state index is 0.596. The molecule has 0 radical (unpaired) electrons. The third kappa shape index (κ3) is 3.93. The van der Waals surface area contributed by atoms with Crippen molar-refractivity contribution in [2.45, 2.75) is 13.8 Å². The van der Waals surface area contributed by atoms with Crippen molar-refractivity contribution in [3.63, 3.8) is 0 Å². The number of hydrogen-bond acceptors (Lipinski definition) is 4. The number of benzene rings is 1. The maximum atomic E-state index is 5.55. The van der Waals surface area contributed by atoms with Crippen LogP contribution in [0.25, 0.3) is 0 Å². The number of halogens is 1. The summed E-state index contributed by atoms with van der Waals surface area (Å²) in [5.74, 6) is 1.46. The molecule has 0 saturated heterocycles. The molecule has 0 aromatic heterocycles. The summed E-state index contributed by atoms with van der Waals surface area (Å²) in [7, 11) is 1.75. The molecule has 0 aliphatic rings. The molecule has 0 atom stereocenters. The van der Waals surface area contributed by atoms with Gasteiger partial charge in [-0.2, -0.15) is 5.10 Å². The molecule has 4 nitrogen and oxygen atoms in total. The molecule has 0 saturated carbocycles. The van der Waals surface area contributed by atoms with Gasteiger partial charge < -0.3 is 14.9 Å². The molecule has 1 aromatic rings. The maximum absolute atomic E-state index is 5.55. The summed E-state index contributed by atoms with van der Waals surface area (Å²) in [4.78, 5) is 0. The highest BCUT2D eigenvalue weighted by atomic mass is 79.9. The molecule has 0 unspecified atom stereocenters. The fraction of sp³-hybridized carbons (Fsp3) is 0.417. The lowest BCUT2D eigenvalue weighted by molar-refractivity contribution is 0.286. The molecule has 0 spiro atoms. The van der Waals surface area contributed by atoms with Crippen molar-refractivity contribution in [3.8, 4) is 11.5 Å². The fourth-order valence-corrected chi connectivity index (χ4v) is 1.92. The minimum Gasteiger partial charge on any atom is -0.490 e. The van der Waals surface area contributed by atoms with Gasteiger partial charge in [-0.3, -0.25) is 0 Å². The monoisotopic (exact) mass is 300 g/mol. The van der Waals surface area contributed by atoms with Gasteiger partial charge in [0.2, 0.25) is 0 Å². The molecule has 1 aromatic carbocycles. The first kappa shape index (κ1) is 13.8. The first-order valence-corrected chi connectivity index (χ1v) is 6.31. The van der Waals surface area contributed by atoms with Crippen molar-refractivity contribution >= 4 is 22.1 Å². The van der Waals surface area contributed by atoms with Gasteiger partial charge in [-0.1, -0.05) is 0 Å². The molecular formula is C12H17BrN2O2. The maximum Gasteiger partial charge on any atom is 0.175 e. The van der Waals surface area contributed by atoms with Gasteiger partial charge in [-0.25, -0.2) is 0 Å². The molecule has 1 N–H and O–H groups in total. The van der Waals surface area contributed by atoms with Crippen LogP contribution >= 0.6 is 15.9 Å². The Bertz CT molecular complexity index is 394. The lowest BCUT2D eigenvalue weighted by Crippen LogP contribution is -2.01. The molecule has 0 aliphatic heterocycles. The molecule has 5 heteroatoms. The molecule has 1 rings (SSSR count). The second-order valence-electron chi connectivity index (χ2n) is 3.18. The van der Waals surface area contributed by atoms with E-state index in [1.807, 2.05) is 26.0 Å². The Morgan fingerprint density at radius 1 is 1.29 bits per heavy atom. The molecule has 94 valence electrons. The van der Waals surface area contributed by atoms with Gasteiger partial charge in [0, 0.05) is 7.05 Å². The quantitative estimate of drug-likeness (QED) is 0.649. The lowest BCUT2D eigenvalue weighted by atomic mass is 10.2. The van der Waals surface area contributed by atoms with Crippen LogP contribution in [0.5, 0.6) is 11.5 Å². The van der Waals surface area contributed by atoms with E-state index in [1.54, 1.807) is 13.3 Å². The number of ether oxygens (including phenoxy) is 2. The van der Waals surface area contributed by atoms with E-state index in [1.165, 1.54) is 0 Å². The minimum absolute atomic E-state index is 0.596. The van der Waals surface area contributed by atoms with E-state index >= 15 is 0 Å². The van der Waals surface area contributed by atoms with Crippen LogP contribution in [0.2, 0.25) is 0 Å². The average Bonchev–Trinajstić information content (AvgIpc) is 2.31. The Morgan fingerprint density at radius 3 is 2.59 bits per heavy atom. The van der Waals surface area contributed by atoms with E-state index in [2.05, 4.69) is 26.5 Å². The van der Waals surface area contributed by atoms with Crippen molar-refractivity contribution in [1.29, 1.82) is 0 Å². The zero-order valence-electron chi connectivity index (χ0n) is 10.3. The topological polar surface area (TPSA) is 42.8 Å². The van der Waals surface area contributed by atoms with E-state index in [0.29, 0.717) is 13.2 Å². The van der Waals surface area contributed by atoms with Crippen molar-refractivity contribution in [2.24, 2.45) is 5.10 Å². The van der Waals surface area contributed by atoms with Crippen LogP contribution in [0.4, 0.5) is 0 Å². The highest BCUT2D eigenvalue weighted by molar-refractivity contribution is 9.10. The normalized spacial score (nSPS) is 10.6. The summed E-state index contributed by atoms with van der Waals surface area (Å²) in [5.41, 5.74) is 3.65. The van der Waals surface area contributed by atoms with Gasteiger partial charge in [-0.05, 0) is 47.5 Å². The van der Waals surface area contributed by atoms with Crippen LogP contribution in [-0.2, 0) is 0 Å². The van der Waals surface area contributed by atoms with E-state index in [9.17, 15) is 0 Å². The molecular weight excluding hydrogens is 284 g/mol. The van der Waals surface area contributed by atoms with Crippen LogP contribution in [0.1, 0.15) is 19.4 Å². The summed E-state index contributed by atoms with van der Waals surface area (Å²) >= 11 is 3.47. The summed E-state index contributed by atoms with van der Waals surface area (Å²) in [5, 5.41) is 3.97. The smallest absolute Gasteiger partial charge is 0.175 e. The van der Waals surface area contributed by atoms with E-state index in [-0.39, 0.29) is 0 Å². The molecule has 0 fully saturated rings. The predicted molar refractivity (Wildman–Crippen MR) is 73.1 cm³/mol. The van der Waals surface area contributed by atoms with Crippen molar-refractivity contribution in [3.05, 3.63) is 22.2 Å². The predicted octanol–water partition coefficient (Wildman–Crippen LogP) is 2.80. The zero-order chi connectivity index (χ0) is 12.7. The third-order valence-electron chi connectivity index (χ3n) is 1.96. The Morgan fingerprint density at radius 2 is 2.00 bits per heavy atom. The number of rotatable bonds is 6. The largest absolute Gasteiger partial charge is 0.490 e. The number of nitrogens with one attached hydrogen (secondary N) is 1. The number of hydrogen-bond donors (Lipinski definition) is 1. The fourth-order valence-electron chi connectivity index (χ4n) is 1.35. The second-order valence-corrected chi connectivity index (χ2v) is 4.03. The third-order valence-corrected chi connectivity index (χ3v) is 2.55. The summed E-state index contributed by atoms with van der Waals surface area (Å²) in [6.07, 6.45) is 1.73. The van der Waals surface area contributed by atoms with Crippen molar-refractivity contribution in [2.75, 3.05) is 20.3 Å². The first-order chi connectivity index (χ1) is 8.22. The van der Waals surface area contributed by atoms with Crippen LogP contribution in [0.3, 0.4) is 0 Å². The lowest BCUT2D eigenvalue weighted by Gasteiger charge is -2.13. The molecule has 0 aliphatic carbocycles. The molecule has 17 heavy (non-hydrogen) atoms. The van der Waals surface area contributed by atoms with E-state index < -0.39 is 0 Å². The van der Waals surface area contributed by atoms with Crippen LogP contribution < -0.4 is 14.9 Å². The molecule has 0 bridgehead atoms. The first-order valence-electron chi connectivity index (χ1n) is 5.51. The van der Waals surface area contributed by atoms with Gasteiger partial charge in [0.1, 0.15) is 0 Å². The van der Waals surface area contributed by atoms with E-state index in [4.69, 9.17) is 9.47 Å². The summed E-state index contributed by atoms with van der Waals surface area (Å²) < 4.78 is 12.0. The summed E-state index contributed by atoms with van der Waals surface area (Å²) in [6.45, 7) is 5.08. The second kappa shape index (κ2) is 7.17. The Balaban J connectivity index is 3.10. The average molecular weight is 301 g/mol. The van der Waals surface area contributed by atoms with E-state index in [0.717, 1.165) is 21.5 Å². The standard InChI is InChI=1S/C12H17BrN2O2/c1-4-16-11-7-9(8-15-14-3)6-10(13)12(11)17-5-2/h6-8,14H,4-5H2,1-3H3/b15-8+. The van der Waals surface area contributed by atoms with Gasteiger partial charge in [0.25, 0.3) is 0 Å². The van der Waals surface area contributed by atoms with Gasteiger partial charge >= 0.3 is 0 Å². The van der Waals surface area contributed by atoms with Crippen LogP contribution in [0, 0.1) is 0 Å². The SMILES string of the molecule is CCOc1cc(/C=N/NC)cc(Br)c1OCC. The van der Waals surface area contributed by atoms with Crippen molar-refractivity contribution in [1.82, 2.24) is 5.43 Å². The van der Waals surface area contributed by atoms with Crippen molar-refractivity contribution < 1.29 is 9.47 Å². The Labute approximate surface area is 110 Å². The number of hydrazone groups is 1. The van der Waals surface area contributed by atoms with Crippen LogP contribution in [-0.4, -0.2) is 26.5 Å². The van der Waals surface area contributed by atoms with Gasteiger partial charge in [0.05, 0.1) is 23.9 Å².